The smallest absolute Gasteiger partial charge is 0.275 e. The number of hydrogen-bond acceptors (Lipinski definition) is 4. The third-order valence-electron chi connectivity index (χ3n) is 3.21. The molecule has 0 unspecified atom stereocenters. The van der Waals surface area contributed by atoms with Crippen LogP contribution in [0.4, 0.5) is 5.69 Å². The first kappa shape index (κ1) is 16.2. The zero-order valence-corrected chi connectivity index (χ0v) is 13.9. The molecule has 0 amide bonds. The molecule has 3 aromatic rings. The summed E-state index contributed by atoms with van der Waals surface area (Å²) in [5, 5.41) is 8.74. The highest BCUT2D eigenvalue weighted by atomic mass is 35.5. The minimum absolute atomic E-state index is 0.00478. The second-order valence-corrected chi connectivity index (χ2v) is 5.60. The summed E-state index contributed by atoms with van der Waals surface area (Å²) in [5.74, 6) is 0. The lowest BCUT2D eigenvalue weighted by atomic mass is 10.2. The van der Waals surface area contributed by atoms with Crippen LogP contribution in [-0.4, -0.2) is 16.0 Å². The first-order chi connectivity index (χ1) is 11.7. The Labute approximate surface area is 148 Å². The van der Waals surface area contributed by atoms with Gasteiger partial charge < -0.3 is 0 Å². The minimum atomic E-state index is -0.430. The van der Waals surface area contributed by atoms with Gasteiger partial charge in [-0.05, 0) is 18.2 Å². The van der Waals surface area contributed by atoms with Crippen molar-refractivity contribution >= 4 is 35.1 Å². The lowest BCUT2D eigenvalue weighted by molar-refractivity contribution is 0.808. The van der Waals surface area contributed by atoms with Gasteiger partial charge >= 0.3 is 0 Å². The van der Waals surface area contributed by atoms with Crippen molar-refractivity contribution in [2.24, 2.45) is 5.10 Å². The Hall–Kier alpha value is -2.63. The van der Waals surface area contributed by atoms with Gasteiger partial charge in [0.1, 0.15) is 10.7 Å². The van der Waals surface area contributed by atoms with E-state index in [9.17, 15) is 4.79 Å². The highest BCUT2D eigenvalue weighted by Crippen LogP contribution is 2.17. The Morgan fingerprint density at radius 2 is 1.75 bits per heavy atom. The van der Waals surface area contributed by atoms with Crippen LogP contribution in [0.2, 0.25) is 10.0 Å². The predicted octanol–water partition coefficient (Wildman–Crippen LogP) is 3.99. The summed E-state index contributed by atoms with van der Waals surface area (Å²) in [5.41, 5.74) is 3.98. The van der Waals surface area contributed by atoms with E-state index in [1.165, 1.54) is 10.9 Å². The lowest BCUT2D eigenvalue weighted by Gasteiger charge is -2.07. The predicted molar refractivity (Wildman–Crippen MR) is 97.5 cm³/mol. The van der Waals surface area contributed by atoms with Crippen molar-refractivity contribution in [1.82, 2.24) is 9.78 Å². The van der Waals surface area contributed by atoms with E-state index < -0.39 is 5.56 Å². The fourth-order valence-corrected chi connectivity index (χ4v) is 2.37. The molecule has 0 saturated carbocycles. The molecule has 0 aliphatic rings. The summed E-state index contributed by atoms with van der Waals surface area (Å²) >= 11 is 12.2. The third-order valence-corrected chi connectivity index (χ3v) is 3.92. The van der Waals surface area contributed by atoms with Gasteiger partial charge in [0.25, 0.3) is 5.56 Å². The molecule has 3 rings (SSSR count). The molecule has 1 heterocycles. The SMILES string of the molecule is O=c1c(Cl)c(N/N=C\c2ccccc2Cl)cnn1-c1ccccc1. The molecule has 1 aromatic heterocycles. The molecular formula is C17H12Cl2N4O. The molecule has 0 aliphatic carbocycles. The Balaban J connectivity index is 1.84. The number of hydrogen-bond donors (Lipinski definition) is 1. The van der Waals surface area contributed by atoms with Crippen LogP contribution in [0.25, 0.3) is 5.69 Å². The maximum Gasteiger partial charge on any atom is 0.292 e. The summed E-state index contributed by atoms with van der Waals surface area (Å²) in [6, 6.07) is 16.3. The van der Waals surface area contributed by atoms with Crippen LogP contribution < -0.4 is 11.0 Å². The molecule has 2 aromatic carbocycles. The van der Waals surface area contributed by atoms with Gasteiger partial charge in [0.05, 0.1) is 18.1 Å². The molecule has 0 spiro atoms. The van der Waals surface area contributed by atoms with Crippen LogP contribution in [-0.2, 0) is 0 Å². The van der Waals surface area contributed by atoms with Crippen LogP contribution in [0.5, 0.6) is 0 Å². The Morgan fingerprint density at radius 1 is 1.04 bits per heavy atom. The van der Waals surface area contributed by atoms with Crippen molar-refractivity contribution in [2.45, 2.75) is 0 Å². The number of aromatic nitrogens is 2. The van der Waals surface area contributed by atoms with Gasteiger partial charge in [-0.1, -0.05) is 59.6 Å². The maximum absolute atomic E-state index is 12.3. The molecule has 5 nitrogen and oxygen atoms in total. The molecule has 0 aliphatic heterocycles. The summed E-state index contributed by atoms with van der Waals surface area (Å²) in [6.07, 6.45) is 2.99. The largest absolute Gasteiger partial charge is 0.292 e. The minimum Gasteiger partial charge on any atom is -0.275 e. The van der Waals surface area contributed by atoms with E-state index in [0.29, 0.717) is 16.4 Å². The molecule has 24 heavy (non-hydrogen) atoms. The van der Waals surface area contributed by atoms with E-state index in [-0.39, 0.29) is 5.02 Å². The van der Waals surface area contributed by atoms with Crippen molar-refractivity contribution in [2.75, 3.05) is 5.43 Å². The summed E-state index contributed by atoms with van der Waals surface area (Å²) < 4.78 is 1.23. The van der Waals surface area contributed by atoms with Gasteiger partial charge in [-0.2, -0.15) is 14.9 Å². The zero-order valence-electron chi connectivity index (χ0n) is 12.4. The molecule has 0 atom stereocenters. The monoisotopic (exact) mass is 358 g/mol. The molecule has 0 saturated heterocycles. The summed E-state index contributed by atoms with van der Waals surface area (Å²) in [4.78, 5) is 12.3. The van der Waals surface area contributed by atoms with Gasteiger partial charge in [-0.15, -0.1) is 0 Å². The highest BCUT2D eigenvalue weighted by Gasteiger charge is 2.09. The van der Waals surface area contributed by atoms with E-state index in [1.807, 2.05) is 36.4 Å². The number of hydrazone groups is 1. The molecule has 1 N–H and O–H groups in total. The molecule has 0 radical (unpaired) electrons. The lowest BCUT2D eigenvalue weighted by Crippen LogP contribution is -2.22. The van der Waals surface area contributed by atoms with Crippen molar-refractivity contribution in [3.63, 3.8) is 0 Å². The summed E-state index contributed by atoms with van der Waals surface area (Å²) in [7, 11) is 0. The standard InChI is InChI=1S/C17H12Cl2N4O/c18-14-9-5-4-6-12(14)10-20-22-15-11-21-23(17(24)16(15)19)13-7-2-1-3-8-13/h1-11,22H/b20-10-. The van der Waals surface area contributed by atoms with E-state index in [2.05, 4.69) is 15.6 Å². The summed E-state index contributed by atoms with van der Waals surface area (Å²) in [6.45, 7) is 0. The van der Waals surface area contributed by atoms with E-state index in [4.69, 9.17) is 23.2 Å². The number of benzene rings is 2. The van der Waals surface area contributed by atoms with Crippen LogP contribution in [0.15, 0.2) is 70.7 Å². The average molecular weight is 359 g/mol. The van der Waals surface area contributed by atoms with Gasteiger partial charge in [0, 0.05) is 10.6 Å². The second kappa shape index (κ2) is 7.29. The average Bonchev–Trinajstić information content (AvgIpc) is 2.61. The second-order valence-electron chi connectivity index (χ2n) is 4.82. The van der Waals surface area contributed by atoms with E-state index in [1.54, 1.807) is 24.4 Å². The van der Waals surface area contributed by atoms with Gasteiger partial charge in [-0.3, -0.25) is 10.2 Å². The molecule has 0 bridgehead atoms. The first-order valence-corrected chi connectivity index (χ1v) is 7.79. The maximum atomic E-state index is 12.3. The van der Waals surface area contributed by atoms with Gasteiger partial charge in [-0.25, -0.2) is 0 Å². The van der Waals surface area contributed by atoms with Crippen molar-refractivity contribution in [1.29, 1.82) is 0 Å². The van der Waals surface area contributed by atoms with Crippen molar-refractivity contribution < 1.29 is 0 Å². The topological polar surface area (TPSA) is 59.3 Å². The number of para-hydroxylation sites is 1. The van der Waals surface area contributed by atoms with Crippen LogP contribution in [0.1, 0.15) is 5.56 Å². The van der Waals surface area contributed by atoms with Crippen LogP contribution in [0, 0.1) is 0 Å². The van der Waals surface area contributed by atoms with Gasteiger partial charge in [0.2, 0.25) is 0 Å². The Kier molecular flexibility index (Phi) is 4.93. The number of nitrogens with zero attached hydrogens (tertiary/aromatic N) is 3. The number of anilines is 1. The normalized spacial score (nSPS) is 10.9. The van der Waals surface area contributed by atoms with Gasteiger partial charge in [0.15, 0.2) is 0 Å². The molecule has 0 fully saturated rings. The number of rotatable bonds is 4. The Bertz CT molecular complexity index is 939. The third kappa shape index (κ3) is 3.48. The first-order valence-electron chi connectivity index (χ1n) is 7.03. The molecule has 7 heteroatoms. The van der Waals surface area contributed by atoms with Crippen LogP contribution in [0.3, 0.4) is 0 Å². The van der Waals surface area contributed by atoms with E-state index in [0.717, 1.165) is 5.56 Å². The molecule has 120 valence electrons. The Morgan fingerprint density at radius 3 is 2.50 bits per heavy atom. The quantitative estimate of drug-likeness (QED) is 0.566. The number of nitrogens with one attached hydrogen (secondary N) is 1. The number of halogens is 2. The van der Waals surface area contributed by atoms with E-state index >= 15 is 0 Å². The van der Waals surface area contributed by atoms with Crippen LogP contribution >= 0.6 is 23.2 Å². The fourth-order valence-electron chi connectivity index (χ4n) is 2.01. The highest BCUT2D eigenvalue weighted by molar-refractivity contribution is 6.33. The zero-order chi connectivity index (χ0) is 16.9. The molecular weight excluding hydrogens is 347 g/mol. The fraction of sp³-hybridized carbons (Fsp3) is 0. The van der Waals surface area contributed by atoms with Crippen molar-refractivity contribution in [3.05, 3.63) is 86.8 Å². The van der Waals surface area contributed by atoms with Crippen molar-refractivity contribution in [3.8, 4) is 5.69 Å².